The fourth-order valence-electron chi connectivity index (χ4n) is 3.47. The molecule has 1 fully saturated rings. The number of benzene rings is 1. The SMILES string of the molecule is [Br-].c1ccc(C[N+]23CCCCCC2=NCCC3)cc1. The molecule has 1 atom stereocenters. The van der Waals surface area contributed by atoms with Gasteiger partial charge in [-0.1, -0.05) is 30.3 Å². The van der Waals surface area contributed by atoms with Crippen LogP contribution in [0.4, 0.5) is 0 Å². The summed E-state index contributed by atoms with van der Waals surface area (Å²) in [6.07, 6.45) is 6.58. The van der Waals surface area contributed by atoms with E-state index in [4.69, 9.17) is 4.99 Å². The highest BCUT2D eigenvalue weighted by atomic mass is 79.9. The van der Waals surface area contributed by atoms with E-state index in [0.29, 0.717) is 0 Å². The first-order valence-corrected chi connectivity index (χ1v) is 7.33. The van der Waals surface area contributed by atoms with Gasteiger partial charge in [-0.3, -0.25) is 4.48 Å². The van der Waals surface area contributed by atoms with Crippen LogP contribution in [0.3, 0.4) is 0 Å². The maximum absolute atomic E-state index is 4.87. The second-order valence-electron chi connectivity index (χ2n) is 5.70. The van der Waals surface area contributed by atoms with Crippen LogP contribution < -0.4 is 17.0 Å². The minimum atomic E-state index is 0. The first kappa shape index (κ1) is 14.7. The zero-order valence-corrected chi connectivity index (χ0v) is 13.1. The summed E-state index contributed by atoms with van der Waals surface area (Å²) in [6, 6.07) is 11.0. The minimum absolute atomic E-state index is 0. The van der Waals surface area contributed by atoms with Crippen LogP contribution in [0.1, 0.15) is 37.7 Å². The van der Waals surface area contributed by atoms with Crippen molar-refractivity contribution in [2.75, 3.05) is 19.6 Å². The molecule has 3 rings (SSSR count). The van der Waals surface area contributed by atoms with E-state index in [2.05, 4.69) is 30.3 Å². The standard InChI is InChI=1S/C16H23N2.BrH/c1-3-8-15(9-4-1)14-18-12-6-2-5-10-16(18)17-11-7-13-18;/h1,3-4,8-9H,2,5-7,10-14H2;1H/q+1;/p-1. The molecule has 0 aromatic heterocycles. The lowest BCUT2D eigenvalue weighted by molar-refractivity contribution is -0.858. The quantitative estimate of drug-likeness (QED) is 0.698. The first-order chi connectivity index (χ1) is 8.89. The van der Waals surface area contributed by atoms with Gasteiger partial charge >= 0.3 is 0 Å². The molecule has 0 aliphatic carbocycles. The minimum Gasteiger partial charge on any atom is -1.00 e. The summed E-state index contributed by atoms with van der Waals surface area (Å²) in [5.74, 6) is 1.49. The van der Waals surface area contributed by atoms with Crippen molar-refractivity contribution < 1.29 is 21.5 Å². The molecule has 2 aliphatic heterocycles. The molecule has 19 heavy (non-hydrogen) atoms. The van der Waals surface area contributed by atoms with Crippen molar-refractivity contribution in [1.82, 2.24) is 0 Å². The third kappa shape index (κ3) is 3.26. The Balaban J connectivity index is 0.00000133. The zero-order valence-electron chi connectivity index (χ0n) is 11.5. The Bertz CT molecular complexity index is 430. The van der Waals surface area contributed by atoms with Crippen molar-refractivity contribution in [1.29, 1.82) is 0 Å². The molecule has 1 unspecified atom stereocenters. The highest BCUT2D eigenvalue weighted by Gasteiger charge is 2.37. The highest BCUT2D eigenvalue weighted by Crippen LogP contribution is 2.27. The molecular weight excluding hydrogens is 300 g/mol. The number of hydrogen-bond acceptors (Lipinski definition) is 1. The van der Waals surface area contributed by atoms with Crippen molar-refractivity contribution in [3.8, 4) is 0 Å². The van der Waals surface area contributed by atoms with Gasteiger partial charge < -0.3 is 17.0 Å². The predicted octanol–water partition coefficient (Wildman–Crippen LogP) is 0.384. The van der Waals surface area contributed by atoms with Crippen molar-refractivity contribution in [3.63, 3.8) is 0 Å². The fraction of sp³-hybridized carbons (Fsp3) is 0.562. The van der Waals surface area contributed by atoms with E-state index in [1.807, 2.05) is 0 Å². The Morgan fingerprint density at radius 2 is 1.74 bits per heavy atom. The van der Waals surface area contributed by atoms with Crippen LogP contribution in [0.15, 0.2) is 35.3 Å². The van der Waals surface area contributed by atoms with E-state index in [0.717, 1.165) is 17.6 Å². The van der Waals surface area contributed by atoms with E-state index in [9.17, 15) is 0 Å². The van der Waals surface area contributed by atoms with E-state index >= 15 is 0 Å². The molecular formula is C16H23BrN2. The van der Waals surface area contributed by atoms with Gasteiger partial charge in [0.05, 0.1) is 13.1 Å². The summed E-state index contributed by atoms with van der Waals surface area (Å²) in [6.45, 7) is 4.81. The van der Waals surface area contributed by atoms with Gasteiger partial charge in [-0.25, -0.2) is 4.99 Å². The normalized spacial score (nSPS) is 26.6. The number of amidine groups is 1. The lowest BCUT2D eigenvalue weighted by Gasteiger charge is -2.40. The van der Waals surface area contributed by atoms with Crippen LogP contribution >= 0.6 is 0 Å². The van der Waals surface area contributed by atoms with Crippen molar-refractivity contribution in [2.24, 2.45) is 4.99 Å². The Labute approximate surface area is 126 Å². The summed E-state index contributed by atoms with van der Waals surface area (Å²) in [7, 11) is 0. The van der Waals surface area contributed by atoms with Crippen LogP contribution in [-0.2, 0) is 6.54 Å². The number of rotatable bonds is 2. The molecule has 2 nitrogen and oxygen atoms in total. The van der Waals surface area contributed by atoms with E-state index in [-0.39, 0.29) is 17.0 Å². The van der Waals surface area contributed by atoms with E-state index in [1.165, 1.54) is 56.6 Å². The first-order valence-electron chi connectivity index (χ1n) is 7.33. The molecule has 104 valence electrons. The third-order valence-electron chi connectivity index (χ3n) is 4.40. The molecule has 2 heterocycles. The lowest BCUT2D eigenvalue weighted by Crippen LogP contribution is -3.00. The molecule has 0 saturated carbocycles. The van der Waals surface area contributed by atoms with Gasteiger partial charge in [-0.15, -0.1) is 0 Å². The topological polar surface area (TPSA) is 12.4 Å². The summed E-state index contributed by atoms with van der Waals surface area (Å²) in [4.78, 5) is 4.87. The monoisotopic (exact) mass is 322 g/mol. The molecule has 2 aliphatic rings. The van der Waals surface area contributed by atoms with Gasteiger partial charge in [0.1, 0.15) is 6.54 Å². The summed E-state index contributed by atoms with van der Waals surface area (Å²) < 4.78 is 1.16. The predicted molar refractivity (Wildman–Crippen MR) is 75.5 cm³/mol. The van der Waals surface area contributed by atoms with Crippen LogP contribution in [-0.4, -0.2) is 30.0 Å². The van der Waals surface area contributed by atoms with Crippen LogP contribution in [0.5, 0.6) is 0 Å². The van der Waals surface area contributed by atoms with Crippen molar-refractivity contribution in [2.45, 2.75) is 38.6 Å². The van der Waals surface area contributed by atoms with Gasteiger partial charge in [0.15, 0.2) is 5.84 Å². The van der Waals surface area contributed by atoms with Gasteiger partial charge in [0.2, 0.25) is 0 Å². The molecule has 0 N–H and O–H groups in total. The number of quaternary nitrogens is 1. The molecule has 0 spiro atoms. The average Bonchev–Trinajstić information content (AvgIpc) is 2.62. The van der Waals surface area contributed by atoms with E-state index in [1.54, 1.807) is 0 Å². The summed E-state index contributed by atoms with van der Waals surface area (Å²) in [5, 5.41) is 0. The van der Waals surface area contributed by atoms with Crippen LogP contribution in [0.25, 0.3) is 0 Å². The molecule has 0 bridgehead atoms. The van der Waals surface area contributed by atoms with Gasteiger partial charge in [-0.2, -0.15) is 0 Å². The maximum Gasteiger partial charge on any atom is 0.198 e. The lowest BCUT2D eigenvalue weighted by atomic mass is 10.1. The highest BCUT2D eigenvalue weighted by molar-refractivity contribution is 5.76. The van der Waals surface area contributed by atoms with Gasteiger partial charge in [0, 0.05) is 24.9 Å². The Morgan fingerprint density at radius 3 is 2.58 bits per heavy atom. The molecule has 1 saturated heterocycles. The van der Waals surface area contributed by atoms with Gasteiger partial charge in [-0.05, 0) is 19.3 Å². The summed E-state index contributed by atoms with van der Waals surface area (Å²) >= 11 is 0. The van der Waals surface area contributed by atoms with Crippen molar-refractivity contribution >= 4 is 5.84 Å². The second kappa shape index (κ2) is 6.67. The number of aliphatic imine (C=N–C) groups is 1. The Morgan fingerprint density at radius 1 is 0.947 bits per heavy atom. The number of halogens is 1. The number of nitrogens with zero attached hydrogens (tertiary/aromatic N) is 2. The Kier molecular flexibility index (Phi) is 5.17. The molecule has 1 aromatic rings. The third-order valence-corrected chi connectivity index (χ3v) is 4.40. The zero-order chi connectivity index (χ0) is 12.3. The van der Waals surface area contributed by atoms with E-state index < -0.39 is 0 Å². The summed E-state index contributed by atoms with van der Waals surface area (Å²) in [5.41, 5.74) is 1.47. The smallest absolute Gasteiger partial charge is 0.198 e. The largest absolute Gasteiger partial charge is 1.00 e. The molecule has 0 amide bonds. The van der Waals surface area contributed by atoms with Crippen LogP contribution in [0, 0.1) is 0 Å². The van der Waals surface area contributed by atoms with Crippen LogP contribution in [0.2, 0.25) is 0 Å². The molecule has 1 aromatic carbocycles. The Hall–Kier alpha value is -0.670. The molecule has 3 heteroatoms. The average molecular weight is 323 g/mol. The second-order valence-corrected chi connectivity index (χ2v) is 5.70. The number of hydrogen-bond donors (Lipinski definition) is 0. The fourth-order valence-corrected chi connectivity index (χ4v) is 3.47. The molecule has 0 radical (unpaired) electrons. The maximum atomic E-state index is 4.87. The number of fused-ring (bicyclic) bond motifs is 1. The van der Waals surface area contributed by atoms with Crippen molar-refractivity contribution in [3.05, 3.63) is 35.9 Å². The van der Waals surface area contributed by atoms with Gasteiger partial charge in [0.25, 0.3) is 0 Å².